The summed E-state index contributed by atoms with van der Waals surface area (Å²) in [6, 6.07) is 5.74. The summed E-state index contributed by atoms with van der Waals surface area (Å²) in [5.41, 5.74) is 7.63. The number of anilines is 1. The number of aryl methyl sites for hydroxylation is 1. The standard InChI is InChI=1S/C11H13N3OS2/c1-7-13-11(17-14-7)16-6-8-3-9(12)5-10(4-8)15-2/h3-5H,6,12H2,1-2H3. The summed E-state index contributed by atoms with van der Waals surface area (Å²) >= 11 is 3.08. The minimum atomic E-state index is 0.716. The van der Waals surface area contributed by atoms with Gasteiger partial charge in [0.15, 0.2) is 4.34 Å². The van der Waals surface area contributed by atoms with Crippen LogP contribution in [-0.2, 0) is 5.75 Å². The first-order chi connectivity index (χ1) is 8.17. The molecule has 0 aliphatic heterocycles. The zero-order valence-corrected chi connectivity index (χ0v) is 11.3. The topological polar surface area (TPSA) is 61.0 Å². The molecule has 0 unspecified atom stereocenters. The third-order valence-corrected chi connectivity index (χ3v) is 4.09. The maximum Gasteiger partial charge on any atom is 0.170 e. The van der Waals surface area contributed by atoms with Crippen LogP contribution in [0.15, 0.2) is 22.5 Å². The highest BCUT2D eigenvalue weighted by molar-refractivity contribution is 8.00. The molecule has 0 aliphatic carbocycles. The number of aromatic nitrogens is 2. The number of nitrogen functional groups attached to an aromatic ring is 1. The van der Waals surface area contributed by atoms with E-state index in [1.807, 2.05) is 25.1 Å². The fraction of sp³-hybridized carbons (Fsp3) is 0.273. The van der Waals surface area contributed by atoms with Gasteiger partial charge in [-0.3, -0.25) is 0 Å². The lowest BCUT2D eigenvalue weighted by molar-refractivity contribution is 0.414. The van der Waals surface area contributed by atoms with Crippen molar-refractivity contribution in [3.8, 4) is 5.75 Å². The second-order valence-corrected chi connectivity index (χ2v) is 5.48. The van der Waals surface area contributed by atoms with E-state index in [1.54, 1.807) is 18.9 Å². The Morgan fingerprint density at radius 1 is 1.41 bits per heavy atom. The van der Waals surface area contributed by atoms with Crippen LogP contribution in [0.3, 0.4) is 0 Å². The fourth-order valence-electron chi connectivity index (χ4n) is 1.37. The molecule has 6 heteroatoms. The van der Waals surface area contributed by atoms with Gasteiger partial charge in [-0.15, -0.1) is 0 Å². The number of nitrogens with two attached hydrogens (primary N) is 1. The van der Waals surface area contributed by atoms with Gasteiger partial charge < -0.3 is 10.5 Å². The zero-order chi connectivity index (χ0) is 12.3. The lowest BCUT2D eigenvalue weighted by Crippen LogP contribution is -1.91. The van der Waals surface area contributed by atoms with Gasteiger partial charge in [0.05, 0.1) is 7.11 Å². The molecule has 1 aromatic heterocycles. The Bertz CT molecular complexity index is 513. The number of rotatable bonds is 4. The van der Waals surface area contributed by atoms with Gasteiger partial charge in [-0.25, -0.2) is 4.98 Å². The molecule has 0 bridgehead atoms. The molecular formula is C11H13N3OS2. The number of methoxy groups -OCH3 is 1. The molecule has 2 aromatic rings. The van der Waals surface area contributed by atoms with E-state index >= 15 is 0 Å². The smallest absolute Gasteiger partial charge is 0.170 e. The van der Waals surface area contributed by atoms with Crippen molar-refractivity contribution < 1.29 is 4.74 Å². The quantitative estimate of drug-likeness (QED) is 0.681. The van der Waals surface area contributed by atoms with Crippen LogP contribution in [0, 0.1) is 6.92 Å². The van der Waals surface area contributed by atoms with E-state index in [4.69, 9.17) is 10.5 Å². The average molecular weight is 267 g/mol. The number of thioether (sulfide) groups is 1. The van der Waals surface area contributed by atoms with Crippen molar-refractivity contribution in [2.24, 2.45) is 0 Å². The highest BCUT2D eigenvalue weighted by atomic mass is 32.2. The molecule has 1 aromatic carbocycles. The van der Waals surface area contributed by atoms with Crippen molar-refractivity contribution in [1.82, 2.24) is 9.36 Å². The van der Waals surface area contributed by atoms with Crippen molar-refractivity contribution >= 4 is 29.0 Å². The molecule has 4 nitrogen and oxygen atoms in total. The molecule has 0 saturated carbocycles. The molecule has 0 fully saturated rings. The molecule has 0 atom stereocenters. The highest BCUT2D eigenvalue weighted by Crippen LogP contribution is 2.27. The van der Waals surface area contributed by atoms with E-state index in [1.165, 1.54) is 11.5 Å². The molecule has 0 aliphatic rings. The largest absolute Gasteiger partial charge is 0.497 e. The Balaban J connectivity index is 2.05. The first-order valence-corrected chi connectivity index (χ1v) is 6.80. The summed E-state index contributed by atoms with van der Waals surface area (Å²) in [5.74, 6) is 2.42. The molecule has 2 N–H and O–H groups in total. The van der Waals surface area contributed by atoms with Crippen molar-refractivity contribution in [2.45, 2.75) is 17.0 Å². The minimum Gasteiger partial charge on any atom is -0.497 e. The molecule has 2 rings (SSSR count). The molecule has 0 radical (unpaired) electrons. The van der Waals surface area contributed by atoms with Gasteiger partial charge in [0, 0.05) is 17.5 Å². The summed E-state index contributed by atoms with van der Waals surface area (Å²) in [6.07, 6.45) is 0. The maximum absolute atomic E-state index is 5.79. The fourth-order valence-corrected chi connectivity index (χ4v) is 2.95. The lowest BCUT2D eigenvalue weighted by atomic mass is 10.2. The van der Waals surface area contributed by atoms with Crippen molar-refractivity contribution in [1.29, 1.82) is 0 Å². The predicted molar refractivity (Wildman–Crippen MR) is 71.6 cm³/mol. The predicted octanol–water partition coefficient (Wildman–Crippen LogP) is 2.73. The van der Waals surface area contributed by atoms with Crippen LogP contribution < -0.4 is 10.5 Å². The van der Waals surface area contributed by atoms with Crippen molar-refractivity contribution in [2.75, 3.05) is 12.8 Å². The number of nitrogens with zero attached hydrogens (tertiary/aromatic N) is 2. The molecule has 90 valence electrons. The normalized spacial score (nSPS) is 10.5. The molecule has 0 spiro atoms. The van der Waals surface area contributed by atoms with E-state index in [0.29, 0.717) is 5.69 Å². The van der Waals surface area contributed by atoms with Crippen LogP contribution in [0.5, 0.6) is 5.75 Å². The Labute approximate surface area is 108 Å². The minimum absolute atomic E-state index is 0.716. The Morgan fingerprint density at radius 3 is 2.88 bits per heavy atom. The van der Waals surface area contributed by atoms with Gasteiger partial charge >= 0.3 is 0 Å². The summed E-state index contributed by atoms with van der Waals surface area (Å²) in [5, 5.41) is 0. The second kappa shape index (κ2) is 5.37. The molecule has 0 amide bonds. The van der Waals surface area contributed by atoms with Crippen LogP contribution in [0.4, 0.5) is 5.69 Å². The van der Waals surface area contributed by atoms with E-state index in [-0.39, 0.29) is 0 Å². The van der Waals surface area contributed by atoms with Gasteiger partial charge in [0.1, 0.15) is 11.6 Å². The van der Waals surface area contributed by atoms with E-state index in [0.717, 1.165) is 27.2 Å². The first-order valence-electron chi connectivity index (χ1n) is 5.04. The van der Waals surface area contributed by atoms with Crippen LogP contribution in [-0.4, -0.2) is 16.5 Å². The van der Waals surface area contributed by atoms with Gasteiger partial charge in [0.2, 0.25) is 0 Å². The van der Waals surface area contributed by atoms with Gasteiger partial charge in [-0.05, 0) is 36.2 Å². The zero-order valence-electron chi connectivity index (χ0n) is 9.64. The Kier molecular flexibility index (Phi) is 3.86. The third-order valence-electron chi connectivity index (χ3n) is 2.10. The molecule has 1 heterocycles. The highest BCUT2D eigenvalue weighted by Gasteiger charge is 2.04. The van der Waals surface area contributed by atoms with Crippen LogP contribution in [0.1, 0.15) is 11.4 Å². The van der Waals surface area contributed by atoms with Crippen molar-refractivity contribution in [3.63, 3.8) is 0 Å². The summed E-state index contributed by atoms with van der Waals surface area (Å²) in [7, 11) is 1.64. The van der Waals surface area contributed by atoms with Gasteiger partial charge in [-0.1, -0.05) is 11.8 Å². The number of hydrogen-bond donors (Lipinski definition) is 1. The first kappa shape index (κ1) is 12.2. The molecular weight excluding hydrogens is 254 g/mol. The molecule has 0 saturated heterocycles. The maximum atomic E-state index is 5.79. The number of hydrogen-bond acceptors (Lipinski definition) is 6. The number of benzene rings is 1. The number of ether oxygens (including phenoxy) is 1. The summed E-state index contributed by atoms with van der Waals surface area (Å²) in [6.45, 7) is 1.89. The summed E-state index contributed by atoms with van der Waals surface area (Å²) in [4.78, 5) is 4.30. The Hall–Kier alpha value is -1.27. The second-order valence-electron chi connectivity index (χ2n) is 3.51. The van der Waals surface area contributed by atoms with E-state index in [2.05, 4.69) is 9.36 Å². The van der Waals surface area contributed by atoms with E-state index in [9.17, 15) is 0 Å². The monoisotopic (exact) mass is 267 g/mol. The molecule has 17 heavy (non-hydrogen) atoms. The van der Waals surface area contributed by atoms with Gasteiger partial charge in [0.25, 0.3) is 0 Å². The SMILES string of the molecule is COc1cc(N)cc(CSc2nc(C)ns2)c1. The van der Waals surface area contributed by atoms with Crippen LogP contribution >= 0.6 is 23.3 Å². The van der Waals surface area contributed by atoms with Crippen molar-refractivity contribution in [3.05, 3.63) is 29.6 Å². The average Bonchev–Trinajstić information content (AvgIpc) is 2.72. The summed E-state index contributed by atoms with van der Waals surface area (Å²) < 4.78 is 10.3. The lowest BCUT2D eigenvalue weighted by Gasteiger charge is -2.05. The Morgan fingerprint density at radius 2 is 2.24 bits per heavy atom. The van der Waals surface area contributed by atoms with Crippen LogP contribution in [0.2, 0.25) is 0 Å². The van der Waals surface area contributed by atoms with Gasteiger partial charge in [-0.2, -0.15) is 4.37 Å². The van der Waals surface area contributed by atoms with Crippen LogP contribution in [0.25, 0.3) is 0 Å². The third kappa shape index (κ3) is 3.34. The van der Waals surface area contributed by atoms with E-state index < -0.39 is 0 Å².